The van der Waals surface area contributed by atoms with Crippen molar-refractivity contribution < 1.29 is 13.2 Å². The Kier molecular flexibility index (Phi) is 7.95. The Morgan fingerprint density at radius 3 is 2.50 bits per heavy atom. The van der Waals surface area contributed by atoms with Crippen molar-refractivity contribution in [3.05, 3.63) is 75.8 Å². The van der Waals surface area contributed by atoms with Gasteiger partial charge >= 0.3 is 0 Å². The molecule has 1 amide bonds. The van der Waals surface area contributed by atoms with Gasteiger partial charge in [-0.2, -0.15) is 4.31 Å². The van der Waals surface area contributed by atoms with Gasteiger partial charge in [-0.1, -0.05) is 53.5 Å². The molecule has 0 unspecified atom stereocenters. The van der Waals surface area contributed by atoms with Crippen molar-refractivity contribution >= 4 is 45.0 Å². The van der Waals surface area contributed by atoms with Crippen molar-refractivity contribution in [2.24, 2.45) is 4.99 Å². The molecule has 1 N–H and O–H groups in total. The quantitative estimate of drug-likeness (QED) is 0.571. The summed E-state index contributed by atoms with van der Waals surface area (Å²) in [4.78, 5) is 18.3. The maximum atomic E-state index is 12.7. The van der Waals surface area contributed by atoms with Crippen LogP contribution in [0.15, 0.2) is 64.5 Å². The van der Waals surface area contributed by atoms with Crippen molar-refractivity contribution in [1.29, 1.82) is 0 Å². The van der Waals surface area contributed by atoms with E-state index in [2.05, 4.69) is 10.3 Å². The molecule has 32 heavy (non-hydrogen) atoms. The predicted molar refractivity (Wildman–Crippen MR) is 128 cm³/mol. The number of halogens is 2. The van der Waals surface area contributed by atoms with Crippen LogP contribution >= 0.6 is 23.2 Å². The molecule has 1 heterocycles. The van der Waals surface area contributed by atoms with Crippen LogP contribution in [0.3, 0.4) is 0 Å². The standard InChI is InChI=1S/C22H24Cl2N4O3S/c1-27(15-16-5-7-17(8-6-16)22-25-11-12-26-22)21(29)4-3-13-28(2)32(30,31)20-10-9-18(23)14-19(20)24/h3-10,14H,11-13,15H2,1-2H3,(H,25,26)/b4-3+. The van der Waals surface area contributed by atoms with E-state index in [9.17, 15) is 13.2 Å². The number of sulfonamides is 1. The molecule has 3 rings (SSSR count). The molecular formula is C22H24Cl2N4O3S. The fourth-order valence-corrected chi connectivity index (χ4v) is 4.96. The number of hydrogen-bond donors (Lipinski definition) is 1. The minimum absolute atomic E-state index is 0.0185. The molecule has 0 aromatic heterocycles. The second-order valence-corrected chi connectivity index (χ2v) is 10.2. The third kappa shape index (κ3) is 5.89. The number of benzene rings is 2. The largest absolute Gasteiger partial charge is 0.368 e. The van der Waals surface area contributed by atoms with Gasteiger partial charge in [0.25, 0.3) is 0 Å². The number of amides is 1. The van der Waals surface area contributed by atoms with E-state index in [1.807, 2.05) is 24.3 Å². The van der Waals surface area contributed by atoms with E-state index in [4.69, 9.17) is 23.2 Å². The molecule has 0 spiro atoms. The lowest BCUT2D eigenvalue weighted by molar-refractivity contribution is -0.125. The summed E-state index contributed by atoms with van der Waals surface area (Å²) in [6.07, 6.45) is 2.87. The number of aliphatic imine (C=N–C) groups is 1. The van der Waals surface area contributed by atoms with Gasteiger partial charge < -0.3 is 10.2 Å². The summed E-state index contributed by atoms with van der Waals surface area (Å²) in [6, 6.07) is 12.1. The van der Waals surface area contributed by atoms with E-state index in [1.165, 1.54) is 37.4 Å². The van der Waals surface area contributed by atoms with Crippen LogP contribution in [0, 0.1) is 0 Å². The lowest BCUT2D eigenvalue weighted by atomic mass is 10.1. The number of likely N-dealkylation sites (N-methyl/N-ethyl adjacent to an activating group) is 2. The lowest BCUT2D eigenvalue weighted by Crippen LogP contribution is -2.28. The number of nitrogens with one attached hydrogen (secondary N) is 1. The van der Waals surface area contributed by atoms with Gasteiger partial charge in [-0.25, -0.2) is 8.42 Å². The zero-order valence-corrected chi connectivity index (χ0v) is 20.1. The van der Waals surface area contributed by atoms with Crippen LogP contribution in [-0.4, -0.2) is 63.1 Å². The summed E-state index contributed by atoms with van der Waals surface area (Å²) in [5, 5.41) is 3.62. The van der Waals surface area contributed by atoms with Crippen molar-refractivity contribution in [2.75, 3.05) is 33.7 Å². The first-order valence-electron chi connectivity index (χ1n) is 9.89. The number of amidine groups is 1. The molecule has 2 aromatic carbocycles. The monoisotopic (exact) mass is 494 g/mol. The maximum Gasteiger partial charge on any atom is 0.246 e. The van der Waals surface area contributed by atoms with E-state index in [1.54, 1.807) is 11.9 Å². The molecule has 10 heteroatoms. The van der Waals surface area contributed by atoms with Gasteiger partial charge in [0, 0.05) is 50.4 Å². The van der Waals surface area contributed by atoms with E-state index in [-0.39, 0.29) is 22.4 Å². The summed E-state index contributed by atoms with van der Waals surface area (Å²) in [5.74, 6) is 0.661. The molecule has 0 saturated carbocycles. The Labute approximate surface area is 198 Å². The number of nitrogens with zero attached hydrogens (tertiary/aromatic N) is 3. The minimum atomic E-state index is -3.81. The van der Waals surface area contributed by atoms with Gasteiger partial charge in [0.05, 0.1) is 11.6 Å². The van der Waals surface area contributed by atoms with Crippen LogP contribution < -0.4 is 5.32 Å². The highest BCUT2D eigenvalue weighted by Gasteiger charge is 2.23. The van der Waals surface area contributed by atoms with Crippen LogP contribution in [0.1, 0.15) is 11.1 Å². The summed E-state index contributed by atoms with van der Waals surface area (Å²) in [5.41, 5.74) is 2.00. The Bertz CT molecular complexity index is 1150. The zero-order valence-electron chi connectivity index (χ0n) is 17.8. The van der Waals surface area contributed by atoms with Crippen molar-refractivity contribution in [1.82, 2.24) is 14.5 Å². The highest BCUT2D eigenvalue weighted by Crippen LogP contribution is 2.27. The third-order valence-corrected chi connectivity index (χ3v) is 7.44. The van der Waals surface area contributed by atoms with Crippen LogP contribution in [0.2, 0.25) is 10.0 Å². The molecule has 0 bridgehead atoms. The molecule has 0 atom stereocenters. The highest BCUT2D eigenvalue weighted by molar-refractivity contribution is 7.89. The molecule has 0 radical (unpaired) electrons. The van der Waals surface area contributed by atoms with E-state index in [0.29, 0.717) is 11.6 Å². The second-order valence-electron chi connectivity index (χ2n) is 7.31. The van der Waals surface area contributed by atoms with E-state index >= 15 is 0 Å². The molecule has 1 aliphatic heterocycles. The van der Waals surface area contributed by atoms with Gasteiger partial charge in [-0.05, 0) is 23.8 Å². The molecule has 2 aromatic rings. The normalized spacial score (nSPS) is 14.0. The van der Waals surface area contributed by atoms with Crippen molar-refractivity contribution in [3.63, 3.8) is 0 Å². The summed E-state index contributed by atoms with van der Waals surface area (Å²) >= 11 is 11.9. The fraction of sp³-hybridized carbons (Fsp3) is 0.273. The Morgan fingerprint density at radius 1 is 1.16 bits per heavy atom. The maximum absolute atomic E-state index is 12.7. The topological polar surface area (TPSA) is 82.1 Å². The molecule has 7 nitrogen and oxygen atoms in total. The molecule has 1 aliphatic rings. The third-order valence-electron chi connectivity index (χ3n) is 4.90. The van der Waals surface area contributed by atoms with Gasteiger partial charge in [-0.15, -0.1) is 0 Å². The highest BCUT2D eigenvalue weighted by atomic mass is 35.5. The van der Waals surface area contributed by atoms with Crippen LogP contribution in [0.4, 0.5) is 0 Å². The summed E-state index contributed by atoms with van der Waals surface area (Å²) < 4.78 is 26.5. The summed E-state index contributed by atoms with van der Waals surface area (Å²) in [6.45, 7) is 2.08. The number of carbonyl (C=O) groups is 1. The first kappa shape index (κ1) is 24.3. The molecule has 0 saturated heterocycles. The molecule has 0 fully saturated rings. The first-order chi connectivity index (χ1) is 15.2. The van der Waals surface area contributed by atoms with Crippen molar-refractivity contribution in [3.8, 4) is 0 Å². The zero-order chi connectivity index (χ0) is 23.3. The van der Waals surface area contributed by atoms with Crippen LogP contribution in [0.5, 0.6) is 0 Å². The molecular weight excluding hydrogens is 471 g/mol. The average Bonchev–Trinajstić information content (AvgIpc) is 3.28. The Hall–Kier alpha value is -2.39. The van der Waals surface area contributed by atoms with Gasteiger partial charge in [-0.3, -0.25) is 9.79 Å². The molecule has 170 valence electrons. The minimum Gasteiger partial charge on any atom is -0.368 e. The van der Waals surface area contributed by atoms with Gasteiger partial charge in [0.15, 0.2) is 0 Å². The second kappa shape index (κ2) is 10.5. The van der Waals surface area contributed by atoms with Crippen LogP contribution in [-0.2, 0) is 21.4 Å². The Balaban J connectivity index is 1.56. The first-order valence-corrected chi connectivity index (χ1v) is 12.1. The SMILES string of the molecule is CN(Cc1ccc(C2=NCCN2)cc1)C(=O)/C=C/CN(C)S(=O)(=O)c1ccc(Cl)cc1Cl. The number of hydrogen-bond acceptors (Lipinski definition) is 5. The lowest BCUT2D eigenvalue weighted by Gasteiger charge is -2.17. The van der Waals surface area contributed by atoms with Crippen molar-refractivity contribution in [2.45, 2.75) is 11.4 Å². The van der Waals surface area contributed by atoms with Gasteiger partial charge in [0.1, 0.15) is 10.7 Å². The predicted octanol–water partition coefficient (Wildman–Crippen LogP) is 3.18. The van der Waals surface area contributed by atoms with E-state index in [0.717, 1.165) is 34.4 Å². The Morgan fingerprint density at radius 2 is 1.88 bits per heavy atom. The number of rotatable bonds is 8. The fourth-order valence-electron chi connectivity index (χ4n) is 3.09. The molecule has 0 aliphatic carbocycles. The van der Waals surface area contributed by atoms with Gasteiger partial charge in [0.2, 0.25) is 15.9 Å². The summed E-state index contributed by atoms with van der Waals surface area (Å²) in [7, 11) is -0.700. The number of carbonyl (C=O) groups excluding carboxylic acids is 1. The van der Waals surface area contributed by atoms with Crippen LogP contribution in [0.25, 0.3) is 0 Å². The smallest absolute Gasteiger partial charge is 0.246 e. The van der Waals surface area contributed by atoms with E-state index < -0.39 is 10.0 Å². The average molecular weight is 495 g/mol.